The van der Waals surface area contributed by atoms with Crippen LogP contribution in [0, 0.1) is 6.92 Å². The maximum absolute atomic E-state index is 12.9. The number of anilines is 1. The van der Waals surface area contributed by atoms with E-state index in [0.29, 0.717) is 11.3 Å². The van der Waals surface area contributed by atoms with E-state index in [-0.39, 0.29) is 31.8 Å². The number of para-hydroxylation sites is 1. The number of rotatable bonds is 0. The number of hydrogen-bond donors (Lipinski definition) is 1. The highest BCUT2D eigenvalue weighted by Crippen LogP contribution is 2.44. The molecule has 0 unspecified atom stereocenters. The van der Waals surface area contributed by atoms with Crippen molar-refractivity contribution in [3.63, 3.8) is 0 Å². The van der Waals surface area contributed by atoms with Crippen LogP contribution in [0.15, 0.2) is 41.6 Å². The first-order valence-electron chi connectivity index (χ1n) is 7.46. The molecule has 0 bridgehead atoms. The third-order valence-electron chi connectivity index (χ3n) is 4.40. The summed E-state index contributed by atoms with van der Waals surface area (Å²) >= 11 is 18.5. The van der Waals surface area contributed by atoms with Crippen LogP contribution in [0.3, 0.4) is 0 Å². The van der Waals surface area contributed by atoms with Gasteiger partial charge in [-0.2, -0.15) is 0 Å². The number of ketones is 2. The van der Waals surface area contributed by atoms with Crippen molar-refractivity contribution < 1.29 is 9.59 Å². The highest BCUT2D eigenvalue weighted by Gasteiger charge is 2.40. The largest absolute Gasteiger partial charge is 0.354 e. The summed E-state index contributed by atoms with van der Waals surface area (Å²) in [6.45, 7) is 1.65. The Morgan fingerprint density at radius 1 is 0.840 bits per heavy atom. The lowest BCUT2D eigenvalue weighted by Gasteiger charge is -2.16. The average Bonchev–Trinajstić information content (AvgIpc) is 2.88. The maximum Gasteiger partial charge on any atom is 0.201 e. The lowest BCUT2D eigenvalue weighted by atomic mass is 10.0. The number of allylic oxidation sites excluding steroid dienone is 2. The average molecular weight is 391 g/mol. The first kappa shape index (κ1) is 16.4. The fourth-order valence-electron chi connectivity index (χ4n) is 3.13. The number of benzene rings is 2. The lowest BCUT2D eigenvalue weighted by Crippen LogP contribution is -2.13. The van der Waals surface area contributed by atoms with Crippen molar-refractivity contribution >= 4 is 58.1 Å². The smallest absolute Gasteiger partial charge is 0.201 e. The van der Waals surface area contributed by atoms with Gasteiger partial charge in [-0.1, -0.05) is 59.1 Å². The first-order chi connectivity index (χ1) is 11.9. The van der Waals surface area contributed by atoms with Gasteiger partial charge >= 0.3 is 0 Å². The van der Waals surface area contributed by atoms with Gasteiger partial charge in [0.25, 0.3) is 0 Å². The minimum absolute atomic E-state index is 0.0152. The van der Waals surface area contributed by atoms with Crippen molar-refractivity contribution in [3.8, 4) is 0 Å². The molecule has 2 aromatic rings. The molecule has 1 aliphatic heterocycles. The molecule has 0 radical (unpaired) electrons. The van der Waals surface area contributed by atoms with Crippen molar-refractivity contribution in [2.24, 2.45) is 0 Å². The van der Waals surface area contributed by atoms with Gasteiger partial charge in [-0.15, -0.1) is 0 Å². The van der Waals surface area contributed by atoms with E-state index < -0.39 is 11.6 Å². The number of halogens is 3. The van der Waals surface area contributed by atoms with Crippen LogP contribution < -0.4 is 5.32 Å². The standard InChI is InChI=1S/C19H10Cl3NO2/c1-8-12-14(16(21)17(22)15(8)20)19(25)13(18(12)24)11-7-6-9-4-2-3-5-10(9)23-11/h2-7,23H,1H3/b13-11+. The number of carbonyl (C=O) groups excluding carboxylic acids is 2. The third-order valence-corrected chi connectivity index (χ3v) is 5.82. The summed E-state index contributed by atoms with van der Waals surface area (Å²) in [4.78, 5) is 25.9. The molecule has 1 heterocycles. The second kappa shape index (κ2) is 5.73. The van der Waals surface area contributed by atoms with E-state index >= 15 is 0 Å². The molecule has 0 fully saturated rings. The molecule has 0 atom stereocenters. The Labute approximate surface area is 158 Å². The minimum atomic E-state index is -0.446. The predicted molar refractivity (Wildman–Crippen MR) is 101 cm³/mol. The number of nitrogens with one attached hydrogen (secondary N) is 1. The number of carbonyl (C=O) groups is 2. The topological polar surface area (TPSA) is 46.2 Å². The van der Waals surface area contributed by atoms with E-state index in [9.17, 15) is 9.59 Å². The zero-order valence-electron chi connectivity index (χ0n) is 12.9. The highest BCUT2D eigenvalue weighted by molar-refractivity contribution is 6.53. The van der Waals surface area contributed by atoms with Crippen LogP contribution in [0.4, 0.5) is 5.69 Å². The Morgan fingerprint density at radius 2 is 1.52 bits per heavy atom. The quantitative estimate of drug-likeness (QED) is 0.355. The number of hydrogen-bond acceptors (Lipinski definition) is 3. The van der Waals surface area contributed by atoms with Gasteiger partial charge in [0, 0.05) is 11.3 Å². The zero-order valence-corrected chi connectivity index (χ0v) is 15.2. The van der Waals surface area contributed by atoms with Crippen LogP contribution in [0.2, 0.25) is 15.1 Å². The van der Waals surface area contributed by atoms with E-state index in [1.807, 2.05) is 30.3 Å². The summed E-state index contributed by atoms with van der Waals surface area (Å²) in [6, 6.07) is 7.61. The fraction of sp³-hybridized carbons (Fsp3) is 0.0526. The Bertz CT molecular complexity index is 1000. The SMILES string of the molecule is Cc1c(Cl)c(Cl)c(Cl)c2c1C(=O)/C(=C1/C=Cc3ccccc3N1)C2=O. The van der Waals surface area contributed by atoms with Gasteiger partial charge in [0.1, 0.15) is 0 Å². The Balaban J connectivity index is 1.93. The summed E-state index contributed by atoms with van der Waals surface area (Å²) < 4.78 is 0. The van der Waals surface area contributed by atoms with Crippen LogP contribution >= 0.6 is 34.8 Å². The van der Waals surface area contributed by atoms with Crippen LogP contribution in [0.25, 0.3) is 6.08 Å². The molecule has 0 saturated heterocycles. The van der Waals surface area contributed by atoms with Crippen molar-refractivity contribution in [3.05, 3.63) is 78.9 Å². The minimum Gasteiger partial charge on any atom is -0.354 e. The second-order valence-electron chi connectivity index (χ2n) is 5.81. The van der Waals surface area contributed by atoms with Gasteiger partial charge in [-0.25, -0.2) is 0 Å². The molecule has 0 spiro atoms. The Morgan fingerprint density at radius 3 is 2.28 bits per heavy atom. The van der Waals surface area contributed by atoms with Crippen molar-refractivity contribution in [1.29, 1.82) is 0 Å². The van der Waals surface area contributed by atoms with Crippen molar-refractivity contribution in [2.45, 2.75) is 6.92 Å². The van der Waals surface area contributed by atoms with Crippen molar-refractivity contribution in [1.82, 2.24) is 0 Å². The first-order valence-corrected chi connectivity index (χ1v) is 8.60. The number of Topliss-reactive ketones (excluding diaryl/α,β-unsaturated/α-hetero) is 2. The van der Waals surface area contributed by atoms with E-state index in [1.165, 1.54) is 0 Å². The molecule has 25 heavy (non-hydrogen) atoms. The van der Waals surface area contributed by atoms with Crippen LogP contribution in [-0.4, -0.2) is 11.6 Å². The molecule has 4 rings (SSSR count). The van der Waals surface area contributed by atoms with E-state index in [2.05, 4.69) is 5.32 Å². The van der Waals surface area contributed by atoms with Crippen LogP contribution in [0.5, 0.6) is 0 Å². The van der Waals surface area contributed by atoms with Gasteiger partial charge < -0.3 is 5.32 Å². The van der Waals surface area contributed by atoms with Crippen LogP contribution in [0.1, 0.15) is 31.8 Å². The summed E-state index contributed by atoms with van der Waals surface area (Å²) in [6.07, 6.45) is 3.57. The van der Waals surface area contributed by atoms with Gasteiger partial charge in [0.2, 0.25) is 5.78 Å². The molecule has 3 nitrogen and oxygen atoms in total. The molecule has 6 heteroatoms. The monoisotopic (exact) mass is 389 g/mol. The molecule has 0 aromatic heterocycles. The zero-order chi connectivity index (χ0) is 17.9. The highest BCUT2D eigenvalue weighted by atomic mass is 35.5. The third kappa shape index (κ3) is 2.27. The molecule has 1 N–H and O–H groups in total. The van der Waals surface area contributed by atoms with Gasteiger partial charge in [-0.05, 0) is 30.2 Å². The van der Waals surface area contributed by atoms with Gasteiger partial charge in [0.15, 0.2) is 5.78 Å². The number of fused-ring (bicyclic) bond motifs is 2. The predicted octanol–water partition coefficient (Wildman–Crippen LogP) is 5.73. The maximum atomic E-state index is 12.9. The van der Waals surface area contributed by atoms with Gasteiger partial charge in [0.05, 0.1) is 31.9 Å². The van der Waals surface area contributed by atoms with E-state index in [1.54, 1.807) is 13.0 Å². The fourth-order valence-corrected chi connectivity index (χ4v) is 3.88. The van der Waals surface area contributed by atoms with Crippen molar-refractivity contribution in [2.75, 3.05) is 5.32 Å². The molecular formula is C19H10Cl3NO2. The second-order valence-corrected chi connectivity index (χ2v) is 6.94. The molecule has 0 saturated carbocycles. The van der Waals surface area contributed by atoms with E-state index in [4.69, 9.17) is 34.8 Å². The van der Waals surface area contributed by atoms with Crippen LogP contribution in [-0.2, 0) is 0 Å². The van der Waals surface area contributed by atoms with Gasteiger partial charge in [-0.3, -0.25) is 9.59 Å². The Kier molecular flexibility index (Phi) is 3.76. The molecular weight excluding hydrogens is 381 g/mol. The lowest BCUT2D eigenvalue weighted by molar-refractivity contribution is 0.0987. The normalized spacial score (nSPS) is 18.2. The molecule has 1 aliphatic carbocycles. The van der Waals surface area contributed by atoms with E-state index in [0.717, 1.165) is 11.3 Å². The molecule has 0 amide bonds. The molecule has 2 aliphatic rings. The summed E-state index contributed by atoms with van der Waals surface area (Å²) in [5.74, 6) is -0.845. The summed E-state index contributed by atoms with van der Waals surface area (Å²) in [7, 11) is 0. The summed E-state index contributed by atoms with van der Waals surface area (Å²) in [5.41, 5.74) is 3.08. The molecule has 2 aromatic carbocycles. The Hall–Kier alpha value is -2.07. The summed E-state index contributed by atoms with van der Waals surface area (Å²) in [5, 5.41) is 3.44. The molecule has 124 valence electrons.